The summed E-state index contributed by atoms with van der Waals surface area (Å²) >= 11 is 10.9. The minimum Gasteiger partial charge on any atom is -0.495 e. The third kappa shape index (κ3) is 4.88. The van der Waals surface area contributed by atoms with Gasteiger partial charge in [-0.3, -0.25) is 4.79 Å². The van der Waals surface area contributed by atoms with Crippen molar-refractivity contribution in [3.8, 4) is 5.75 Å². The first-order valence-electron chi connectivity index (χ1n) is 8.84. The van der Waals surface area contributed by atoms with Gasteiger partial charge in [-0.25, -0.2) is 9.97 Å². The molecule has 0 radical (unpaired) electrons. The Kier molecular flexibility index (Phi) is 6.63. The second-order valence-corrected chi connectivity index (χ2v) is 9.71. The fourth-order valence-electron chi connectivity index (χ4n) is 2.81. The van der Waals surface area contributed by atoms with Gasteiger partial charge in [0.2, 0.25) is 5.91 Å². The van der Waals surface area contributed by atoms with E-state index in [4.69, 9.17) is 16.3 Å². The van der Waals surface area contributed by atoms with Crippen molar-refractivity contribution in [2.45, 2.75) is 5.03 Å². The Balaban J connectivity index is 1.46. The number of hydrogen-bond acceptors (Lipinski definition) is 9. The zero-order chi connectivity index (χ0) is 20.2. The lowest BCUT2D eigenvalue weighted by Crippen LogP contribution is -2.32. The number of methoxy groups -OCH3 is 1. The van der Waals surface area contributed by atoms with Gasteiger partial charge >= 0.3 is 0 Å². The summed E-state index contributed by atoms with van der Waals surface area (Å²) in [5, 5.41) is 5.10. The lowest BCUT2D eigenvalue weighted by molar-refractivity contribution is -0.113. The van der Waals surface area contributed by atoms with Gasteiger partial charge in [-0.2, -0.15) is 16.7 Å². The molecule has 3 heterocycles. The number of nitrogens with one attached hydrogen (secondary N) is 1. The van der Waals surface area contributed by atoms with Crippen molar-refractivity contribution in [3.05, 3.63) is 29.5 Å². The van der Waals surface area contributed by atoms with Gasteiger partial charge in [0.1, 0.15) is 21.8 Å². The van der Waals surface area contributed by atoms with Gasteiger partial charge in [-0.05, 0) is 18.2 Å². The van der Waals surface area contributed by atoms with Gasteiger partial charge in [-0.15, -0.1) is 0 Å². The molecule has 1 aromatic carbocycles. The lowest BCUT2D eigenvalue weighted by atomic mass is 10.3. The summed E-state index contributed by atoms with van der Waals surface area (Å²) in [6.45, 7) is 1.98. The van der Waals surface area contributed by atoms with E-state index < -0.39 is 0 Å². The molecule has 3 aromatic rings. The number of thiazole rings is 1. The number of nitrogens with zero attached hydrogens (tertiary/aromatic N) is 4. The molecule has 1 fully saturated rings. The van der Waals surface area contributed by atoms with Crippen LogP contribution in [0.3, 0.4) is 0 Å². The number of carbonyl (C=O) groups excluding carboxylic acids is 1. The molecule has 29 heavy (non-hydrogen) atoms. The highest BCUT2D eigenvalue weighted by Gasteiger charge is 2.18. The van der Waals surface area contributed by atoms with Crippen molar-refractivity contribution in [2.75, 3.05) is 47.7 Å². The first-order valence-corrected chi connectivity index (χ1v) is 12.2. The maximum absolute atomic E-state index is 12.5. The molecule has 11 heteroatoms. The quantitative estimate of drug-likeness (QED) is 0.430. The van der Waals surface area contributed by atoms with E-state index in [-0.39, 0.29) is 11.7 Å². The maximum Gasteiger partial charge on any atom is 0.234 e. The van der Waals surface area contributed by atoms with Crippen LogP contribution in [0.2, 0.25) is 5.02 Å². The zero-order valence-electron chi connectivity index (χ0n) is 15.6. The second-order valence-electron chi connectivity index (χ2n) is 6.11. The average molecular weight is 468 g/mol. The van der Waals surface area contributed by atoms with Crippen LogP contribution in [0.25, 0.3) is 10.3 Å². The lowest BCUT2D eigenvalue weighted by Gasteiger charge is -2.25. The summed E-state index contributed by atoms with van der Waals surface area (Å²) in [6, 6.07) is 5.10. The molecular formula is C18H18ClN5O2S3. The molecule has 7 nitrogen and oxygen atoms in total. The summed E-state index contributed by atoms with van der Waals surface area (Å²) in [5.74, 6) is 2.81. The first kappa shape index (κ1) is 20.5. The number of anilines is 2. The summed E-state index contributed by atoms with van der Waals surface area (Å²) < 4.78 is 6.18. The largest absolute Gasteiger partial charge is 0.495 e. The van der Waals surface area contributed by atoms with Crippen LogP contribution >= 0.6 is 46.5 Å². The molecule has 0 aliphatic carbocycles. The van der Waals surface area contributed by atoms with E-state index in [1.807, 2.05) is 11.8 Å². The van der Waals surface area contributed by atoms with Gasteiger partial charge < -0.3 is 15.0 Å². The molecule has 152 valence electrons. The standard InChI is InChI=1S/C18H18ClN5O2S3/c1-26-13-3-2-11(19)8-12(13)22-14(25)9-28-17-15-16(20-10-21-17)23-18(29-15)24-4-6-27-7-5-24/h2-3,8,10H,4-7,9H2,1H3,(H,22,25). The van der Waals surface area contributed by atoms with E-state index in [9.17, 15) is 4.79 Å². The van der Waals surface area contributed by atoms with Crippen LogP contribution < -0.4 is 15.0 Å². The topological polar surface area (TPSA) is 80.2 Å². The van der Waals surface area contributed by atoms with Gasteiger partial charge in [0.25, 0.3) is 0 Å². The van der Waals surface area contributed by atoms with Crippen molar-refractivity contribution >= 4 is 73.5 Å². The van der Waals surface area contributed by atoms with Crippen molar-refractivity contribution in [3.63, 3.8) is 0 Å². The van der Waals surface area contributed by atoms with E-state index >= 15 is 0 Å². The summed E-state index contributed by atoms with van der Waals surface area (Å²) in [5.41, 5.74) is 1.22. The van der Waals surface area contributed by atoms with Gasteiger partial charge in [-0.1, -0.05) is 34.7 Å². The minimum absolute atomic E-state index is 0.167. The van der Waals surface area contributed by atoms with Crippen LogP contribution in [0.4, 0.5) is 10.8 Å². The molecule has 0 spiro atoms. The molecule has 1 saturated heterocycles. The van der Waals surface area contributed by atoms with Crippen LogP contribution in [0, 0.1) is 0 Å². The Bertz CT molecular complexity index is 1030. The molecule has 0 saturated carbocycles. The van der Waals surface area contributed by atoms with Crippen molar-refractivity contribution < 1.29 is 9.53 Å². The van der Waals surface area contributed by atoms with Crippen molar-refractivity contribution in [1.29, 1.82) is 0 Å². The molecule has 1 aliphatic rings. The average Bonchev–Trinajstić information content (AvgIpc) is 3.18. The number of amides is 1. The first-order chi connectivity index (χ1) is 14.1. The van der Waals surface area contributed by atoms with E-state index in [0.717, 1.165) is 39.5 Å². The monoisotopic (exact) mass is 467 g/mol. The Hall–Kier alpha value is -1.75. The van der Waals surface area contributed by atoms with Crippen molar-refractivity contribution in [1.82, 2.24) is 15.0 Å². The fourth-order valence-corrected chi connectivity index (χ4v) is 5.83. The van der Waals surface area contributed by atoms with Crippen LogP contribution in [0.5, 0.6) is 5.75 Å². The molecule has 1 N–H and O–H groups in total. The Morgan fingerprint density at radius 3 is 2.97 bits per heavy atom. The number of thioether (sulfide) groups is 2. The number of fused-ring (bicyclic) bond motifs is 1. The molecule has 0 atom stereocenters. The van der Waals surface area contributed by atoms with Crippen LogP contribution in [0.15, 0.2) is 29.6 Å². The minimum atomic E-state index is -0.167. The van der Waals surface area contributed by atoms with Crippen LogP contribution in [0.1, 0.15) is 0 Å². The molecule has 1 amide bonds. The van der Waals surface area contributed by atoms with E-state index in [1.54, 1.807) is 36.6 Å². The number of ether oxygens (including phenoxy) is 1. The number of carbonyl (C=O) groups is 1. The number of rotatable bonds is 6. The smallest absolute Gasteiger partial charge is 0.234 e. The van der Waals surface area contributed by atoms with E-state index in [2.05, 4.69) is 25.2 Å². The molecule has 2 aromatic heterocycles. The SMILES string of the molecule is COc1ccc(Cl)cc1NC(=O)CSc1ncnc2nc(N3CCSCC3)sc12. The van der Waals surface area contributed by atoms with Gasteiger partial charge in [0.05, 0.1) is 18.6 Å². The second kappa shape index (κ2) is 9.38. The maximum atomic E-state index is 12.5. The van der Waals surface area contributed by atoms with Gasteiger partial charge in [0, 0.05) is 29.6 Å². The highest BCUT2D eigenvalue weighted by Crippen LogP contribution is 2.35. The molecule has 1 aliphatic heterocycles. The molecular weight excluding hydrogens is 450 g/mol. The summed E-state index contributed by atoms with van der Waals surface area (Å²) in [7, 11) is 1.55. The Morgan fingerprint density at radius 2 is 2.17 bits per heavy atom. The van der Waals surface area contributed by atoms with Crippen molar-refractivity contribution in [2.24, 2.45) is 0 Å². The number of hydrogen-bond donors (Lipinski definition) is 1. The molecule has 0 unspecified atom stereocenters. The third-order valence-electron chi connectivity index (χ3n) is 4.20. The van der Waals surface area contributed by atoms with Crippen LogP contribution in [-0.2, 0) is 4.79 Å². The Labute approximate surface area is 185 Å². The third-order valence-corrected chi connectivity index (χ3v) is 7.61. The highest BCUT2D eigenvalue weighted by molar-refractivity contribution is 8.00. The van der Waals surface area contributed by atoms with E-state index in [0.29, 0.717) is 22.1 Å². The predicted molar refractivity (Wildman–Crippen MR) is 122 cm³/mol. The molecule has 0 bridgehead atoms. The molecule has 4 rings (SSSR count). The number of benzene rings is 1. The number of halogens is 1. The van der Waals surface area contributed by atoms with Crippen LogP contribution in [-0.4, -0.2) is 58.3 Å². The number of aromatic nitrogens is 3. The summed E-state index contributed by atoms with van der Waals surface area (Å²) in [6.07, 6.45) is 1.50. The zero-order valence-corrected chi connectivity index (χ0v) is 18.8. The Morgan fingerprint density at radius 1 is 1.34 bits per heavy atom. The normalized spacial score (nSPS) is 14.2. The van der Waals surface area contributed by atoms with E-state index in [1.165, 1.54) is 18.1 Å². The summed E-state index contributed by atoms with van der Waals surface area (Å²) in [4.78, 5) is 28.1. The fraction of sp³-hybridized carbons (Fsp3) is 0.333. The predicted octanol–water partition coefficient (Wildman–Crippen LogP) is 4.03. The highest BCUT2D eigenvalue weighted by atomic mass is 35.5. The van der Waals surface area contributed by atoms with Gasteiger partial charge in [0.15, 0.2) is 10.8 Å².